The maximum absolute atomic E-state index is 14.1. The molecule has 3 aromatic carbocycles. The van der Waals surface area contributed by atoms with E-state index in [9.17, 15) is 13.2 Å². The Hall–Kier alpha value is -2.53. The minimum atomic E-state index is -1.69. The molecule has 3 aromatic rings. The van der Waals surface area contributed by atoms with Gasteiger partial charge in [-0.25, -0.2) is 13.2 Å². The third-order valence-corrected chi connectivity index (χ3v) is 7.93. The zero-order valence-electron chi connectivity index (χ0n) is 22.0. The molecule has 5 heteroatoms. The minimum absolute atomic E-state index is 0.349. The number of benzene rings is 3. The van der Waals surface area contributed by atoms with Crippen LogP contribution < -0.4 is 16.4 Å². The molecule has 0 bridgehead atoms. The van der Waals surface area contributed by atoms with Crippen LogP contribution >= 0.6 is 0 Å². The van der Waals surface area contributed by atoms with E-state index in [1.54, 1.807) is 18.2 Å². The fraction of sp³-hybridized carbons (Fsp3) is 0.400. The molecule has 35 heavy (non-hydrogen) atoms. The van der Waals surface area contributed by atoms with Crippen LogP contribution in [0.15, 0.2) is 72.8 Å². The zero-order chi connectivity index (χ0) is 25.9. The lowest BCUT2D eigenvalue weighted by molar-refractivity contribution is -0.921. The van der Waals surface area contributed by atoms with Crippen molar-refractivity contribution < 1.29 is 17.7 Å². The number of nitrogens with zero attached hydrogens (tertiary/aromatic N) is 1. The van der Waals surface area contributed by atoms with E-state index < -0.39 is 6.15 Å². The van der Waals surface area contributed by atoms with Crippen LogP contribution in [0.3, 0.4) is 0 Å². The molecule has 1 nitrogen and oxygen atoms in total. The third-order valence-electron chi connectivity index (χ3n) is 7.93. The van der Waals surface area contributed by atoms with Gasteiger partial charge in [-0.1, -0.05) is 74.4 Å². The first kappa shape index (κ1) is 28.7. The molecule has 0 aliphatic heterocycles. The highest BCUT2D eigenvalue weighted by atomic mass is 19.1. The van der Waals surface area contributed by atoms with Crippen LogP contribution in [-0.4, -0.2) is 36.8 Å². The molecule has 0 saturated heterocycles. The molecule has 0 aliphatic rings. The van der Waals surface area contributed by atoms with Crippen molar-refractivity contribution in [2.45, 2.75) is 53.8 Å². The van der Waals surface area contributed by atoms with Gasteiger partial charge in [-0.15, -0.1) is 0 Å². The number of hydrogen-bond acceptors (Lipinski definition) is 0. The molecule has 0 aromatic heterocycles. The molecule has 0 aliphatic carbocycles. The summed E-state index contributed by atoms with van der Waals surface area (Å²) in [7, 11) is 0. The van der Waals surface area contributed by atoms with Crippen LogP contribution in [0.25, 0.3) is 0 Å². The average molecular weight is 483 g/mol. The summed E-state index contributed by atoms with van der Waals surface area (Å²) < 4.78 is 43.5. The molecule has 0 N–H and O–H groups in total. The number of quaternary nitrogens is 1. The predicted octanol–water partition coefficient (Wildman–Crippen LogP) is 6.26. The van der Waals surface area contributed by atoms with E-state index in [0.29, 0.717) is 6.32 Å². The maximum Gasteiger partial charge on any atom is 0.120 e. The summed E-state index contributed by atoms with van der Waals surface area (Å²) in [4.78, 5) is 0. The lowest BCUT2D eigenvalue weighted by Crippen LogP contribution is -2.67. The van der Waals surface area contributed by atoms with Crippen LogP contribution in [0, 0.1) is 17.5 Å². The van der Waals surface area contributed by atoms with Gasteiger partial charge >= 0.3 is 0 Å². The first-order valence-corrected chi connectivity index (χ1v) is 13.1. The fourth-order valence-corrected chi connectivity index (χ4v) is 5.37. The van der Waals surface area contributed by atoms with Gasteiger partial charge in [0.2, 0.25) is 0 Å². The largest absolute Gasteiger partial charge is 0.325 e. The molecular weight excluding hydrogens is 442 g/mol. The van der Waals surface area contributed by atoms with E-state index >= 15 is 0 Å². The Morgan fingerprint density at radius 3 is 1.14 bits per heavy atom. The summed E-state index contributed by atoms with van der Waals surface area (Å²) in [5.41, 5.74) is 2.28. The molecule has 0 amide bonds. The summed E-state index contributed by atoms with van der Waals surface area (Å²) in [5.74, 6) is -1.05. The van der Waals surface area contributed by atoms with Crippen LogP contribution in [0.2, 0.25) is 6.32 Å². The second kappa shape index (κ2) is 13.5. The monoisotopic (exact) mass is 483 g/mol. The summed E-state index contributed by atoms with van der Waals surface area (Å²) in [6.45, 7) is 16.3. The topological polar surface area (TPSA) is 0 Å². The van der Waals surface area contributed by atoms with E-state index in [-0.39, 0.29) is 17.5 Å². The van der Waals surface area contributed by atoms with Crippen molar-refractivity contribution in [2.24, 2.45) is 0 Å². The molecule has 0 radical (unpaired) electrons. The highest BCUT2D eigenvalue weighted by Gasteiger charge is 2.30. The number of hydrogen-bond donors (Lipinski definition) is 0. The van der Waals surface area contributed by atoms with Gasteiger partial charge in [-0.2, -0.15) is 22.7 Å². The van der Waals surface area contributed by atoms with Gasteiger partial charge < -0.3 is 4.48 Å². The first-order chi connectivity index (χ1) is 16.8. The Labute approximate surface area is 210 Å². The molecule has 0 heterocycles. The standard InChI is InChI=1S/C22H21BF3.C8H20N/c1-2-3-13-23(17-7-4-10-20(24)14-17,18-8-5-11-21(25)15-18)19-9-6-12-22(26)16-19;1-5-9(6-2,7-3)8-4/h4-12,14-16H,2-3,13H2,1H3;5-8H2,1-4H3/q-1;+1. The smallest absolute Gasteiger partial charge is 0.120 e. The number of halogens is 3. The van der Waals surface area contributed by atoms with Crippen molar-refractivity contribution >= 4 is 22.5 Å². The van der Waals surface area contributed by atoms with E-state index in [1.165, 1.54) is 67.1 Å². The lowest BCUT2D eigenvalue weighted by atomic mass is 9.14. The van der Waals surface area contributed by atoms with Gasteiger partial charge in [-0.3, -0.25) is 0 Å². The van der Waals surface area contributed by atoms with Gasteiger partial charge in [0, 0.05) is 0 Å². The molecule has 3 rings (SSSR count). The number of unbranched alkanes of at least 4 members (excludes halogenated alkanes) is 1. The van der Waals surface area contributed by atoms with E-state index in [4.69, 9.17) is 0 Å². The van der Waals surface area contributed by atoms with Crippen molar-refractivity contribution in [3.8, 4) is 0 Å². The molecule has 0 saturated carbocycles. The Bertz CT molecular complexity index is 921. The SMILES string of the molecule is CCCC[B-](c1cccc(F)c1)(c1cccc(F)c1)c1cccc(F)c1.CC[N+](CC)(CC)CC. The Kier molecular flexibility index (Phi) is 11.1. The van der Waals surface area contributed by atoms with Crippen LogP contribution in [-0.2, 0) is 0 Å². The quantitative estimate of drug-likeness (QED) is 0.236. The minimum Gasteiger partial charge on any atom is -0.325 e. The molecule has 0 unspecified atom stereocenters. The molecule has 0 spiro atoms. The summed E-state index contributed by atoms with van der Waals surface area (Å²) >= 11 is 0. The van der Waals surface area contributed by atoms with Crippen molar-refractivity contribution in [3.63, 3.8) is 0 Å². The number of rotatable bonds is 10. The summed E-state index contributed by atoms with van der Waals surface area (Å²) in [5, 5.41) is 0. The predicted molar refractivity (Wildman–Crippen MR) is 146 cm³/mol. The van der Waals surface area contributed by atoms with Gasteiger partial charge in [0.15, 0.2) is 0 Å². The van der Waals surface area contributed by atoms with Gasteiger partial charge in [0.05, 0.1) is 32.3 Å². The van der Waals surface area contributed by atoms with Crippen molar-refractivity contribution in [3.05, 3.63) is 90.2 Å². The first-order valence-electron chi connectivity index (χ1n) is 13.1. The normalized spacial score (nSPS) is 11.7. The van der Waals surface area contributed by atoms with E-state index in [2.05, 4.69) is 34.6 Å². The van der Waals surface area contributed by atoms with E-state index in [1.807, 2.05) is 18.2 Å². The van der Waals surface area contributed by atoms with Crippen LogP contribution in [0.1, 0.15) is 47.5 Å². The van der Waals surface area contributed by atoms with Gasteiger partial charge in [-0.05, 0) is 45.9 Å². The van der Waals surface area contributed by atoms with Gasteiger partial charge in [0.1, 0.15) is 17.5 Å². The Morgan fingerprint density at radius 2 is 0.914 bits per heavy atom. The molecule has 0 fully saturated rings. The molecular formula is C30H41BF3N. The second-order valence-corrected chi connectivity index (χ2v) is 9.46. The Balaban J connectivity index is 0.000000410. The van der Waals surface area contributed by atoms with Crippen molar-refractivity contribution in [1.29, 1.82) is 0 Å². The van der Waals surface area contributed by atoms with Gasteiger partial charge in [0.25, 0.3) is 0 Å². The second-order valence-electron chi connectivity index (χ2n) is 9.46. The Morgan fingerprint density at radius 1 is 0.571 bits per heavy atom. The van der Waals surface area contributed by atoms with Crippen molar-refractivity contribution in [2.75, 3.05) is 26.2 Å². The highest BCUT2D eigenvalue weighted by Crippen LogP contribution is 2.18. The van der Waals surface area contributed by atoms with Crippen LogP contribution in [0.5, 0.6) is 0 Å². The van der Waals surface area contributed by atoms with Crippen molar-refractivity contribution in [1.82, 2.24) is 0 Å². The average Bonchev–Trinajstić information content (AvgIpc) is 2.87. The molecule has 0 atom stereocenters. The summed E-state index contributed by atoms with van der Waals surface area (Å²) in [6.07, 6.45) is 0.795. The highest BCUT2D eigenvalue weighted by molar-refractivity contribution is 7.11. The third kappa shape index (κ3) is 7.01. The molecule has 190 valence electrons. The fourth-order valence-electron chi connectivity index (χ4n) is 5.37. The summed E-state index contributed by atoms with van der Waals surface area (Å²) in [6, 6.07) is 19.2. The van der Waals surface area contributed by atoms with Crippen LogP contribution in [0.4, 0.5) is 13.2 Å². The zero-order valence-corrected chi connectivity index (χ0v) is 22.0. The lowest BCUT2D eigenvalue weighted by Gasteiger charge is -2.43. The maximum atomic E-state index is 14.1. The van der Waals surface area contributed by atoms with E-state index in [0.717, 1.165) is 29.2 Å².